The molecule has 166 valence electrons. The summed E-state index contributed by atoms with van der Waals surface area (Å²) in [6.07, 6.45) is -15.0. The molecule has 2 atom stereocenters. The van der Waals surface area contributed by atoms with Crippen LogP contribution in [-0.4, -0.2) is 62.7 Å². The Labute approximate surface area is 153 Å². The Hall–Kier alpha value is -1.28. The first kappa shape index (κ1) is 24.8. The van der Waals surface area contributed by atoms with Crippen LogP contribution < -0.4 is 5.32 Å². The van der Waals surface area contributed by atoms with Gasteiger partial charge in [-0.05, 0) is 0 Å². The highest BCUT2D eigenvalue weighted by Crippen LogP contribution is 2.46. The van der Waals surface area contributed by atoms with Crippen molar-refractivity contribution in [1.29, 1.82) is 0 Å². The summed E-state index contributed by atoms with van der Waals surface area (Å²) in [4.78, 5) is 11.5. The minimum atomic E-state index is -6.29. The van der Waals surface area contributed by atoms with Crippen molar-refractivity contribution in [3.05, 3.63) is 0 Å². The smallest absolute Gasteiger partial charge is 0.353 e. The summed E-state index contributed by atoms with van der Waals surface area (Å²) in [6, 6.07) is 0. The van der Waals surface area contributed by atoms with Gasteiger partial charge >= 0.3 is 12.1 Å². The zero-order chi connectivity index (χ0) is 21.8. The highest BCUT2D eigenvalue weighted by molar-refractivity contribution is 5.75. The van der Waals surface area contributed by atoms with Gasteiger partial charge in [0, 0.05) is 26.5 Å². The Morgan fingerprint density at radius 3 is 2.14 bits per heavy atom. The normalized spacial score (nSPS) is 21.8. The number of amides is 1. The summed E-state index contributed by atoms with van der Waals surface area (Å²) in [5.74, 6) is -16.1. The lowest BCUT2D eigenvalue weighted by Crippen LogP contribution is -2.43. The van der Waals surface area contributed by atoms with Gasteiger partial charge in [0.25, 0.3) is 18.3 Å². The summed E-state index contributed by atoms with van der Waals surface area (Å²) < 4.78 is 130. The molecular formula is C14H18F9NO4. The van der Waals surface area contributed by atoms with Crippen LogP contribution in [0.1, 0.15) is 25.7 Å². The molecule has 0 bridgehead atoms. The van der Waals surface area contributed by atoms with Gasteiger partial charge in [-0.15, -0.1) is 0 Å². The van der Waals surface area contributed by atoms with E-state index in [1.54, 1.807) is 0 Å². The fourth-order valence-electron chi connectivity index (χ4n) is 2.22. The van der Waals surface area contributed by atoms with Gasteiger partial charge in [-0.3, -0.25) is 4.79 Å². The van der Waals surface area contributed by atoms with Crippen LogP contribution >= 0.6 is 0 Å². The first-order chi connectivity index (χ1) is 12.6. The van der Waals surface area contributed by atoms with Crippen LogP contribution in [0.4, 0.5) is 39.5 Å². The van der Waals surface area contributed by atoms with Crippen LogP contribution in [0.15, 0.2) is 0 Å². The molecule has 1 rings (SSSR count). The van der Waals surface area contributed by atoms with Gasteiger partial charge < -0.3 is 19.5 Å². The molecular weight excluding hydrogens is 417 g/mol. The number of ether oxygens (including phenoxy) is 3. The highest BCUT2D eigenvalue weighted by Gasteiger charge is 2.62. The van der Waals surface area contributed by atoms with Crippen LogP contribution in [0.2, 0.25) is 0 Å². The van der Waals surface area contributed by atoms with Crippen molar-refractivity contribution in [1.82, 2.24) is 5.32 Å². The molecule has 1 fully saturated rings. The second-order valence-corrected chi connectivity index (χ2v) is 6.19. The van der Waals surface area contributed by atoms with Crippen molar-refractivity contribution in [2.75, 3.05) is 20.3 Å². The molecule has 0 aromatic heterocycles. The average Bonchev–Trinajstić information content (AvgIpc) is 2.95. The number of methoxy groups -OCH3 is 1. The third-order valence-electron chi connectivity index (χ3n) is 3.57. The van der Waals surface area contributed by atoms with E-state index < -0.39 is 68.1 Å². The molecule has 0 aliphatic carbocycles. The zero-order valence-electron chi connectivity index (χ0n) is 14.4. The largest absolute Gasteiger partial charge is 0.453 e. The zero-order valence-corrected chi connectivity index (χ0v) is 14.4. The number of halogens is 9. The Morgan fingerprint density at radius 1 is 1.04 bits per heavy atom. The van der Waals surface area contributed by atoms with Crippen LogP contribution in [-0.2, 0) is 19.0 Å². The summed E-state index contributed by atoms with van der Waals surface area (Å²) in [6.45, 7) is -1.07. The van der Waals surface area contributed by atoms with Crippen molar-refractivity contribution in [3.63, 3.8) is 0 Å². The van der Waals surface area contributed by atoms with Crippen molar-refractivity contribution < 1.29 is 58.5 Å². The monoisotopic (exact) mass is 435 g/mol. The Balaban J connectivity index is 2.44. The van der Waals surface area contributed by atoms with E-state index in [-0.39, 0.29) is 13.2 Å². The second-order valence-electron chi connectivity index (χ2n) is 6.19. The summed E-state index contributed by atoms with van der Waals surface area (Å²) >= 11 is 0. The number of nitrogens with one attached hydrogen (secondary N) is 1. The average molecular weight is 435 g/mol. The van der Waals surface area contributed by atoms with Gasteiger partial charge in [0.15, 0.2) is 0 Å². The van der Waals surface area contributed by atoms with E-state index in [2.05, 4.69) is 5.32 Å². The molecule has 0 aromatic carbocycles. The van der Waals surface area contributed by atoms with Crippen LogP contribution in [0.25, 0.3) is 0 Å². The van der Waals surface area contributed by atoms with Crippen LogP contribution in [0.5, 0.6) is 0 Å². The van der Waals surface area contributed by atoms with E-state index in [9.17, 15) is 44.3 Å². The molecule has 0 radical (unpaired) electrons. The molecule has 2 unspecified atom stereocenters. The van der Waals surface area contributed by atoms with Gasteiger partial charge in [-0.1, -0.05) is 0 Å². The van der Waals surface area contributed by atoms with Gasteiger partial charge in [0.1, 0.15) is 6.10 Å². The predicted molar refractivity (Wildman–Crippen MR) is 74.0 cm³/mol. The summed E-state index contributed by atoms with van der Waals surface area (Å²) in [7, 11) is 1.29. The molecule has 1 aliphatic heterocycles. The number of hydrogen-bond donors (Lipinski definition) is 1. The molecule has 0 spiro atoms. The Bertz CT molecular complexity index is 527. The number of carbonyl (C=O) groups excluding carboxylic acids is 1. The third-order valence-corrected chi connectivity index (χ3v) is 3.57. The Kier molecular flexibility index (Phi) is 7.98. The van der Waals surface area contributed by atoms with Gasteiger partial charge in [-0.25, -0.2) is 17.6 Å². The van der Waals surface area contributed by atoms with E-state index in [0.29, 0.717) is 0 Å². The number of hydrogen-bond acceptors (Lipinski definition) is 4. The van der Waals surface area contributed by atoms with Gasteiger partial charge in [-0.2, -0.15) is 22.0 Å². The van der Waals surface area contributed by atoms with Gasteiger partial charge in [0.05, 0.1) is 19.4 Å². The molecule has 0 saturated carbocycles. The standard InChI is InChI=1S/C14H18F9NO4/c1-26-10-27-5-8(28-10)4-24-9(25)2-3-11(15,16)6-12(17,18)7-13(19,20)14(21,22)23/h8,10H,2-7H2,1H3,(H,24,25). The van der Waals surface area contributed by atoms with E-state index in [1.807, 2.05) is 0 Å². The fourth-order valence-corrected chi connectivity index (χ4v) is 2.22. The maximum Gasteiger partial charge on any atom is 0.453 e. The molecule has 14 heteroatoms. The first-order valence-corrected chi connectivity index (χ1v) is 7.84. The summed E-state index contributed by atoms with van der Waals surface area (Å²) in [5, 5.41) is 2.17. The molecule has 28 heavy (non-hydrogen) atoms. The molecule has 1 aliphatic rings. The van der Waals surface area contributed by atoms with E-state index >= 15 is 0 Å². The first-order valence-electron chi connectivity index (χ1n) is 7.84. The minimum Gasteiger partial charge on any atom is -0.353 e. The van der Waals surface area contributed by atoms with Crippen LogP contribution in [0, 0.1) is 0 Å². The molecule has 1 heterocycles. The quantitative estimate of drug-likeness (QED) is 0.534. The van der Waals surface area contributed by atoms with Crippen molar-refractivity contribution >= 4 is 5.91 Å². The fraction of sp³-hybridized carbons (Fsp3) is 0.929. The molecule has 1 amide bonds. The predicted octanol–water partition coefficient (Wildman–Crippen LogP) is 3.48. The second kappa shape index (κ2) is 9.03. The molecule has 1 N–H and O–H groups in total. The minimum absolute atomic E-state index is 0.0363. The lowest BCUT2D eigenvalue weighted by Gasteiger charge is -2.27. The number of carbonyl (C=O) groups is 1. The van der Waals surface area contributed by atoms with Gasteiger partial charge in [0.2, 0.25) is 5.91 Å². The van der Waals surface area contributed by atoms with E-state index in [1.165, 1.54) is 7.11 Å². The van der Waals surface area contributed by atoms with Crippen molar-refractivity contribution in [2.24, 2.45) is 0 Å². The van der Waals surface area contributed by atoms with Crippen LogP contribution in [0.3, 0.4) is 0 Å². The molecule has 0 aromatic rings. The SMILES string of the molecule is COC1OCC(CNC(=O)CCC(F)(F)CC(F)(F)CC(F)(F)C(F)(F)F)O1. The third kappa shape index (κ3) is 7.99. The van der Waals surface area contributed by atoms with E-state index in [0.717, 1.165) is 0 Å². The number of alkyl halides is 9. The summed E-state index contributed by atoms with van der Waals surface area (Å²) in [5.41, 5.74) is 0. The molecule has 5 nitrogen and oxygen atoms in total. The van der Waals surface area contributed by atoms with Crippen molar-refractivity contribution in [2.45, 2.75) is 62.2 Å². The maximum atomic E-state index is 13.5. The number of rotatable bonds is 10. The lowest BCUT2D eigenvalue weighted by atomic mass is 9.99. The van der Waals surface area contributed by atoms with Crippen molar-refractivity contribution in [3.8, 4) is 0 Å². The maximum absolute atomic E-state index is 13.5. The lowest BCUT2D eigenvalue weighted by molar-refractivity contribution is -0.303. The molecule has 1 saturated heterocycles. The Morgan fingerprint density at radius 2 is 1.64 bits per heavy atom. The topological polar surface area (TPSA) is 56.8 Å². The highest BCUT2D eigenvalue weighted by atomic mass is 19.4. The van der Waals surface area contributed by atoms with E-state index in [4.69, 9.17) is 14.2 Å².